The molecule has 0 unspecified atom stereocenters. The maximum absolute atomic E-state index is 10.7. The Morgan fingerprint density at radius 1 is 0.656 bits per heavy atom. The van der Waals surface area contributed by atoms with E-state index in [0.717, 1.165) is 22.6 Å². The molecule has 4 N–H and O–H groups in total. The highest BCUT2D eigenvalue weighted by molar-refractivity contribution is 5.74. The second-order valence-corrected chi connectivity index (χ2v) is 7.45. The van der Waals surface area contributed by atoms with Crippen LogP contribution in [0.3, 0.4) is 0 Å². The molecule has 4 aromatic rings. The van der Waals surface area contributed by atoms with Gasteiger partial charge in [0.2, 0.25) is 0 Å². The first-order valence-corrected chi connectivity index (χ1v) is 10.5. The Hall–Kier alpha value is -4.25. The van der Waals surface area contributed by atoms with Crippen molar-refractivity contribution in [2.45, 2.75) is 13.1 Å². The van der Waals surface area contributed by atoms with Gasteiger partial charge in [-0.1, -0.05) is 78.9 Å². The van der Waals surface area contributed by atoms with Gasteiger partial charge in [-0.25, -0.2) is 4.79 Å². The fraction of sp³-hybridized carbons (Fsp3) is 0.0741. The third-order valence-corrected chi connectivity index (χ3v) is 5.12. The van der Waals surface area contributed by atoms with E-state index in [0.29, 0.717) is 6.54 Å². The molecule has 1 amide bonds. The molecule has 0 radical (unpaired) electrons. The van der Waals surface area contributed by atoms with Crippen LogP contribution in [0.4, 0.5) is 21.9 Å². The van der Waals surface area contributed by atoms with Crippen LogP contribution in [-0.2, 0) is 13.1 Å². The Morgan fingerprint density at radius 2 is 1.34 bits per heavy atom. The maximum Gasteiger partial charge on any atom is 0.404 e. The van der Waals surface area contributed by atoms with Gasteiger partial charge in [0, 0.05) is 18.8 Å². The van der Waals surface area contributed by atoms with Gasteiger partial charge in [-0.2, -0.15) is 0 Å². The van der Waals surface area contributed by atoms with Crippen LogP contribution in [0.2, 0.25) is 0 Å². The molecule has 0 aliphatic heterocycles. The first kappa shape index (κ1) is 21.0. The highest BCUT2D eigenvalue weighted by Crippen LogP contribution is 2.27. The van der Waals surface area contributed by atoms with Crippen molar-refractivity contribution in [3.8, 4) is 11.1 Å². The number of hydrogen-bond donors (Lipinski definition) is 4. The van der Waals surface area contributed by atoms with Crippen molar-refractivity contribution in [1.29, 1.82) is 0 Å². The summed E-state index contributed by atoms with van der Waals surface area (Å²) in [6.07, 6.45) is -1.03. The Labute approximate surface area is 187 Å². The molecule has 0 bridgehead atoms. The molecule has 0 heterocycles. The summed E-state index contributed by atoms with van der Waals surface area (Å²) in [6, 6.07) is 34.7. The van der Waals surface area contributed by atoms with Crippen LogP contribution in [-0.4, -0.2) is 11.2 Å². The van der Waals surface area contributed by atoms with Crippen molar-refractivity contribution in [2.75, 3.05) is 10.6 Å². The number of para-hydroxylation sites is 2. The highest BCUT2D eigenvalue weighted by Gasteiger charge is 2.05. The minimum absolute atomic E-state index is 0.268. The van der Waals surface area contributed by atoms with Crippen molar-refractivity contribution in [1.82, 2.24) is 5.32 Å². The fourth-order valence-corrected chi connectivity index (χ4v) is 3.48. The largest absolute Gasteiger partial charge is 0.465 e. The summed E-state index contributed by atoms with van der Waals surface area (Å²) in [6.45, 7) is 0.972. The third kappa shape index (κ3) is 5.67. The monoisotopic (exact) mass is 423 g/mol. The molecule has 5 heteroatoms. The van der Waals surface area contributed by atoms with Crippen LogP contribution in [0.5, 0.6) is 0 Å². The lowest BCUT2D eigenvalue weighted by Gasteiger charge is -2.15. The van der Waals surface area contributed by atoms with Crippen molar-refractivity contribution in [3.05, 3.63) is 114 Å². The zero-order valence-corrected chi connectivity index (χ0v) is 17.6. The van der Waals surface area contributed by atoms with E-state index in [4.69, 9.17) is 5.11 Å². The number of rotatable bonds is 8. The van der Waals surface area contributed by atoms with Crippen LogP contribution in [0.1, 0.15) is 11.1 Å². The van der Waals surface area contributed by atoms with E-state index in [1.165, 1.54) is 16.7 Å². The standard InChI is InChI=1S/C27H25N3O2/c31-27(32)29-19-21-7-6-10-24(17-21)30-26-12-5-4-11-25(26)28-18-20-13-15-23(16-14-20)22-8-2-1-3-9-22/h1-17,28-30H,18-19H2,(H,31,32). The molecule has 0 aliphatic rings. The lowest BCUT2D eigenvalue weighted by atomic mass is 10.0. The first-order valence-electron chi connectivity index (χ1n) is 10.5. The number of hydrogen-bond acceptors (Lipinski definition) is 3. The van der Waals surface area contributed by atoms with Gasteiger partial charge in [-0.05, 0) is 46.5 Å². The van der Waals surface area contributed by atoms with Gasteiger partial charge >= 0.3 is 6.09 Å². The Balaban J connectivity index is 1.42. The Morgan fingerprint density at radius 3 is 2.09 bits per heavy atom. The molecule has 0 aliphatic carbocycles. The molecule has 0 atom stereocenters. The van der Waals surface area contributed by atoms with E-state index in [-0.39, 0.29) is 6.54 Å². The summed E-state index contributed by atoms with van der Waals surface area (Å²) in [5, 5.41) is 18.1. The summed E-state index contributed by atoms with van der Waals surface area (Å²) >= 11 is 0. The molecule has 0 fully saturated rings. The van der Waals surface area contributed by atoms with E-state index in [2.05, 4.69) is 52.3 Å². The molecule has 4 rings (SSSR count). The molecule has 160 valence electrons. The van der Waals surface area contributed by atoms with Gasteiger partial charge in [0.15, 0.2) is 0 Å². The van der Waals surface area contributed by atoms with E-state index in [1.54, 1.807) is 0 Å². The van der Waals surface area contributed by atoms with Gasteiger partial charge in [0.25, 0.3) is 0 Å². The van der Waals surface area contributed by atoms with Gasteiger partial charge < -0.3 is 21.1 Å². The van der Waals surface area contributed by atoms with Gasteiger partial charge in [0.1, 0.15) is 0 Å². The SMILES string of the molecule is O=C(O)NCc1cccc(Nc2ccccc2NCc2ccc(-c3ccccc3)cc2)c1. The molecule has 0 aromatic heterocycles. The van der Waals surface area contributed by atoms with Gasteiger partial charge in [-0.3, -0.25) is 0 Å². The summed E-state index contributed by atoms with van der Waals surface area (Å²) < 4.78 is 0. The van der Waals surface area contributed by atoms with Crippen molar-refractivity contribution in [2.24, 2.45) is 0 Å². The van der Waals surface area contributed by atoms with E-state index >= 15 is 0 Å². The smallest absolute Gasteiger partial charge is 0.404 e. The molecule has 0 spiro atoms. The molecule has 4 aromatic carbocycles. The Kier molecular flexibility index (Phi) is 6.68. The van der Waals surface area contributed by atoms with Crippen LogP contribution in [0, 0.1) is 0 Å². The van der Waals surface area contributed by atoms with Crippen LogP contribution < -0.4 is 16.0 Å². The van der Waals surface area contributed by atoms with Crippen molar-refractivity contribution < 1.29 is 9.90 Å². The minimum Gasteiger partial charge on any atom is -0.465 e. The average Bonchev–Trinajstić information content (AvgIpc) is 2.83. The van der Waals surface area contributed by atoms with Crippen molar-refractivity contribution >= 4 is 23.2 Å². The quantitative estimate of drug-likeness (QED) is 0.262. The van der Waals surface area contributed by atoms with Crippen molar-refractivity contribution in [3.63, 3.8) is 0 Å². The van der Waals surface area contributed by atoms with Gasteiger partial charge in [-0.15, -0.1) is 0 Å². The lowest BCUT2D eigenvalue weighted by Crippen LogP contribution is -2.19. The second-order valence-electron chi connectivity index (χ2n) is 7.45. The fourth-order valence-electron chi connectivity index (χ4n) is 3.48. The van der Waals surface area contributed by atoms with Gasteiger partial charge in [0.05, 0.1) is 11.4 Å². The summed E-state index contributed by atoms with van der Waals surface area (Å²) in [5.74, 6) is 0. The number of carboxylic acid groups (broad SMARTS) is 1. The second kappa shape index (κ2) is 10.2. The predicted molar refractivity (Wildman–Crippen MR) is 130 cm³/mol. The number of anilines is 3. The number of amides is 1. The first-order chi connectivity index (χ1) is 15.7. The van der Waals surface area contributed by atoms with E-state index in [1.807, 2.05) is 66.7 Å². The summed E-state index contributed by atoms with van der Waals surface area (Å²) in [5.41, 5.74) is 7.35. The average molecular weight is 424 g/mol. The summed E-state index contributed by atoms with van der Waals surface area (Å²) in [4.78, 5) is 10.7. The Bertz CT molecular complexity index is 1170. The van der Waals surface area contributed by atoms with Crippen LogP contribution >= 0.6 is 0 Å². The zero-order valence-electron chi connectivity index (χ0n) is 17.6. The number of nitrogens with one attached hydrogen (secondary N) is 3. The maximum atomic E-state index is 10.7. The number of carbonyl (C=O) groups is 1. The molecule has 32 heavy (non-hydrogen) atoms. The molecule has 5 nitrogen and oxygen atoms in total. The molecule has 0 saturated carbocycles. The molecular weight excluding hydrogens is 398 g/mol. The van der Waals surface area contributed by atoms with E-state index < -0.39 is 6.09 Å². The van der Waals surface area contributed by atoms with Crippen LogP contribution in [0.25, 0.3) is 11.1 Å². The number of benzene rings is 4. The summed E-state index contributed by atoms with van der Waals surface area (Å²) in [7, 11) is 0. The topological polar surface area (TPSA) is 73.4 Å². The third-order valence-electron chi connectivity index (χ3n) is 5.12. The zero-order chi connectivity index (χ0) is 22.2. The van der Waals surface area contributed by atoms with E-state index in [9.17, 15) is 4.79 Å². The van der Waals surface area contributed by atoms with Crippen LogP contribution in [0.15, 0.2) is 103 Å². The molecule has 0 saturated heterocycles. The molecular formula is C27H25N3O2. The highest BCUT2D eigenvalue weighted by atomic mass is 16.4. The minimum atomic E-state index is -1.03. The predicted octanol–water partition coefficient (Wildman–Crippen LogP) is 6.48. The lowest BCUT2D eigenvalue weighted by molar-refractivity contribution is 0.194. The normalized spacial score (nSPS) is 10.4.